The maximum atomic E-state index is 12.9. The molecule has 0 atom stereocenters. The lowest BCUT2D eigenvalue weighted by Gasteiger charge is -2.04. The molecule has 4 heteroatoms. The quantitative estimate of drug-likeness (QED) is 0.492. The molecule has 17 heavy (non-hydrogen) atoms. The van der Waals surface area contributed by atoms with E-state index in [0.717, 1.165) is 3.57 Å². The van der Waals surface area contributed by atoms with Crippen molar-refractivity contribution in [3.05, 3.63) is 66.5 Å². The van der Waals surface area contributed by atoms with Gasteiger partial charge in [0.1, 0.15) is 5.82 Å². The van der Waals surface area contributed by atoms with Crippen LogP contribution in [0.5, 0.6) is 0 Å². The summed E-state index contributed by atoms with van der Waals surface area (Å²) in [6, 6.07) is 11.5. The van der Waals surface area contributed by atoms with Gasteiger partial charge in [-0.3, -0.25) is 4.79 Å². The van der Waals surface area contributed by atoms with Gasteiger partial charge in [-0.15, -0.1) is 0 Å². The van der Waals surface area contributed by atoms with E-state index in [9.17, 15) is 9.18 Å². The van der Waals surface area contributed by atoms with Crippen molar-refractivity contribution in [1.82, 2.24) is 0 Å². The zero-order valence-corrected chi connectivity index (χ0v) is 12.9. The second kappa shape index (κ2) is 5.43. The molecule has 1 nitrogen and oxygen atoms in total. The van der Waals surface area contributed by atoms with Crippen LogP contribution in [-0.2, 0) is 0 Å². The molecule has 0 fully saturated rings. The maximum absolute atomic E-state index is 12.9. The summed E-state index contributed by atoms with van der Waals surface area (Å²) in [5.41, 5.74) is 1.16. The van der Waals surface area contributed by atoms with Crippen LogP contribution in [0.1, 0.15) is 15.9 Å². The van der Waals surface area contributed by atoms with Crippen LogP contribution in [-0.4, -0.2) is 5.78 Å². The van der Waals surface area contributed by atoms with Crippen LogP contribution in [0.4, 0.5) is 4.39 Å². The van der Waals surface area contributed by atoms with Crippen molar-refractivity contribution in [2.45, 2.75) is 0 Å². The van der Waals surface area contributed by atoms with Gasteiger partial charge in [0.25, 0.3) is 0 Å². The van der Waals surface area contributed by atoms with Gasteiger partial charge in [-0.2, -0.15) is 0 Å². The Kier molecular flexibility index (Phi) is 4.13. The Balaban J connectivity index is 2.40. The summed E-state index contributed by atoms with van der Waals surface area (Å²) in [7, 11) is 0. The van der Waals surface area contributed by atoms with Crippen molar-refractivity contribution in [3.8, 4) is 0 Å². The Bertz CT molecular complexity index is 564. The molecule has 86 valence electrons. The van der Waals surface area contributed by atoms with E-state index < -0.39 is 0 Å². The first-order chi connectivity index (χ1) is 8.08. The molecule has 2 aromatic carbocycles. The molecule has 0 aromatic heterocycles. The minimum atomic E-state index is -0.325. The molecule has 0 bridgehead atoms. The molecular weight excluding hydrogens is 445 g/mol. The largest absolute Gasteiger partial charge is 0.289 e. The lowest BCUT2D eigenvalue weighted by Crippen LogP contribution is -2.04. The van der Waals surface area contributed by atoms with Gasteiger partial charge in [-0.05, 0) is 87.6 Å². The summed E-state index contributed by atoms with van der Waals surface area (Å²) in [4.78, 5) is 12.2. The minimum Gasteiger partial charge on any atom is -0.289 e. The normalized spacial score (nSPS) is 10.3. The van der Waals surface area contributed by atoms with E-state index in [1.165, 1.54) is 18.2 Å². The van der Waals surface area contributed by atoms with Crippen LogP contribution >= 0.6 is 45.2 Å². The van der Waals surface area contributed by atoms with Crippen LogP contribution in [0.3, 0.4) is 0 Å². The highest BCUT2D eigenvalue weighted by Crippen LogP contribution is 2.18. The summed E-state index contributed by atoms with van der Waals surface area (Å²) >= 11 is 4.16. The van der Waals surface area contributed by atoms with E-state index in [2.05, 4.69) is 22.6 Å². The highest BCUT2D eigenvalue weighted by molar-refractivity contribution is 14.1. The number of carbonyl (C=O) groups is 1. The molecule has 0 saturated heterocycles. The Hall–Kier alpha value is -0.500. The first kappa shape index (κ1) is 12.9. The van der Waals surface area contributed by atoms with Crippen LogP contribution in [0.2, 0.25) is 0 Å². The molecular formula is C13H7FI2O. The average molecular weight is 452 g/mol. The molecule has 0 N–H and O–H groups in total. The van der Waals surface area contributed by atoms with E-state index in [4.69, 9.17) is 0 Å². The number of benzene rings is 2. The minimum absolute atomic E-state index is 0.0780. The molecule has 0 aliphatic rings. The number of halogens is 3. The van der Waals surface area contributed by atoms with Crippen LogP contribution in [0.15, 0.2) is 42.5 Å². The third kappa shape index (κ3) is 3.04. The van der Waals surface area contributed by atoms with Gasteiger partial charge < -0.3 is 0 Å². The topological polar surface area (TPSA) is 17.1 Å². The summed E-state index contributed by atoms with van der Waals surface area (Å²) in [6.07, 6.45) is 0. The van der Waals surface area contributed by atoms with Gasteiger partial charge >= 0.3 is 0 Å². The summed E-state index contributed by atoms with van der Waals surface area (Å²) < 4.78 is 14.7. The van der Waals surface area contributed by atoms with Gasteiger partial charge in [0.2, 0.25) is 0 Å². The third-order valence-electron chi connectivity index (χ3n) is 2.28. The smallest absolute Gasteiger partial charge is 0.194 e. The predicted molar refractivity (Wildman–Crippen MR) is 81.7 cm³/mol. The van der Waals surface area contributed by atoms with Crippen LogP contribution < -0.4 is 0 Å². The molecule has 2 aromatic rings. The Morgan fingerprint density at radius 3 is 2.24 bits per heavy atom. The number of hydrogen-bond donors (Lipinski definition) is 0. The third-order valence-corrected chi connectivity index (χ3v) is 3.89. The summed E-state index contributed by atoms with van der Waals surface area (Å²) in [5.74, 6) is -0.403. The van der Waals surface area contributed by atoms with E-state index in [-0.39, 0.29) is 11.6 Å². The van der Waals surface area contributed by atoms with E-state index in [0.29, 0.717) is 14.7 Å². The maximum Gasteiger partial charge on any atom is 0.194 e. The molecule has 0 heterocycles. The van der Waals surface area contributed by atoms with Crippen molar-refractivity contribution >= 4 is 51.0 Å². The molecule has 2 rings (SSSR count). The molecule has 0 aliphatic heterocycles. The lowest BCUT2D eigenvalue weighted by atomic mass is 10.0. The SMILES string of the molecule is O=C(c1ccc(I)cc1)c1ccc(F)cc1I. The van der Waals surface area contributed by atoms with Crippen molar-refractivity contribution in [2.75, 3.05) is 0 Å². The molecule has 0 spiro atoms. The number of hydrogen-bond acceptors (Lipinski definition) is 1. The fourth-order valence-corrected chi connectivity index (χ4v) is 2.51. The lowest BCUT2D eigenvalue weighted by molar-refractivity contribution is 0.103. The monoisotopic (exact) mass is 452 g/mol. The average Bonchev–Trinajstić information content (AvgIpc) is 2.29. The van der Waals surface area contributed by atoms with Crippen molar-refractivity contribution in [2.24, 2.45) is 0 Å². The second-order valence-corrected chi connectivity index (χ2v) is 5.87. The second-order valence-electron chi connectivity index (χ2n) is 3.46. The first-order valence-electron chi connectivity index (χ1n) is 4.83. The van der Waals surface area contributed by atoms with E-state index in [1.54, 1.807) is 12.1 Å². The van der Waals surface area contributed by atoms with Gasteiger partial charge in [0.05, 0.1) is 0 Å². The Labute approximate surface area is 126 Å². The van der Waals surface area contributed by atoms with Crippen molar-refractivity contribution < 1.29 is 9.18 Å². The van der Waals surface area contributed by atoms with Crippen LogP contribution in [0.25, 0.3) is 0 Å². The Morgan fingerprint density at radius 2 is 1.65 bits per heavy atom. The molecule has 0 amide bonds. The van der Waals surface area contributed by atoms with E-state index in [1.807, 2.05) is 34.7 Å². The zero-order chi connectivity index (χ0) is 12.4. The zero-order valence-electron chi connectivity index (χ0n) is 8.58. The molecule has 0 radical (unpaired) electrons. The fraction of sp³-hybridized carbons (Fsp3) is 0. The predicted octanol–water partition coefficient (Wildman–Crippen LogP) is 4.27. The van der Waals surface area contributed by atoms with Gasteiger partial charge in [-0.1, -0.05) is 0 Å². The number of rotatable bonds is 2. The summed E-state index contributed by atoms with van der Waals surface area (Å²) in [5, 5.41) is 0. The Morgan fingerprint density at radius 1 is 1.00 bits per heavy atom. The molecule has 0 aliphatic carbocycles. The summed E-state index contributed by atoms with van der Waals surface area (Å²) in [6.45, 7) is 0. The number of ketones is 1. The molecule has 0 saturated carbocycles. The van der Waals surface area contributed by atoms with Gasteiger partial charge in [0, 0.05) is 18.3 Å². The van der Waals surface area contributed by atoms with E-state index >= 15 is 0 Å². The number of carbonyl (C=O) groups excluding carboxylic acids is 1. The van der Waals surface area contributed by atoms with Crippen LogP contribution in [0, 0.1) is 13.0 Å². The fourth-order valence-electron chi connectivity index (χ4n) is 1.43. The standard InChI is InChI=1S/C13H7FI2O/c14-9-3-6-11(12(16)7-9)13(17)8-1-4-10(15)5-2-8/h1-7H. The van der Waals surface area contributed by atoms with Crippen molar-refractivity contribution in [3.63, 3.8) is 0 Å². The highest BCUT2D eigenvalue weighted by atomic mass is 127. The van der Waals surface area contributed by atoms with Gasteiger partial charge in [0.15, 0.2) is 5.78 Å². The molecule has 0 unspecified atom stereocenters. The highest BCUT2D eigenvalue weighted by Gasteiger charge is 2.12. The first-order valence-corrected chi connectivity index (χ1v) is 6.99. The van der Waals surface area contributed by atoms with Crippen molar-refractivity contribution in [1.29, 1.82) is 0 Å². The van der Waals surface area contributed by atoms with Gasteiger partial charge in [-0.25, -0.2) is 4.39 Å².